The predicted molar refractivity (Wildman–Crippen MR) is 104 cm³/mol. The van der Waals surface area contributed by atoms with Crippen LogP contribution in [0.3, 0.4) is 0 Å². The lowest BCUT2D eigenvalue weighted by atomic mass is 10.1. The van der Waals surface area contributed by atoms with E-state index < -0.39 is 17.6 Å². The summed E-state index contributed by atoms with van der Waals surface area (Å²) in [6.07, 6.45) is -2.67. The zero-order valence-corrected chi connectivity index (χ0v) is 16.4. The number of hydrazone groups is 1. The van der Waals surface area contributed by atoms with Gasteiger partial charge in [0.25, 0.3) is 5.91 Å². The molecular formula is C21H23F3N2O3. The van der Waals surface area contributed by atoms with Crippen molar-refractivity contribution < 1.29 is 27.4 Å². The molecule has 0 aliphatic carbocycles. The first-order chi connectivity index (χ1) is 13.7. The molecule has 2 rings (SSSR count). The molecule has 0 spiro atoms. The van der Waals surface area contributed by atoms with E-state index in [0.29, 0.717) is 24.0 Å². The summed E-state index contributed by atoms with van der Waals surface area (Å²) < 4.78 is 49.9. The van der Waals surface area contributed by atoms with Gasteiger partial charge in [-0.3, -0.25) is 4.79 Å². The van der Waals surface area contributed by atoms with Crippen molar-refractivity contribution in [3.8, 4) is 11.5 Å². The minimum Gasteiger partial charge on any atom is -0.493 e. The van der Waals surface area contributed by atoms with Gasteiger partial charge in [-0.1, -0.05) is 32.0 Å². The number of ether oxygens (including phenoxy) is 2. The number of hydrogen-bond acceptors (Lipinski definition) is 4. The van der Waals surface area contributed by atoms with Crippen LogP contribution in [0.4, 0.5) is 13.2 Å². The summed E-state index contributed by atoms with van der Waals surface area (Å²) >= 11 is 0. The molecule has 0 atom stereocenters. The Morgan fingerprint density at radius 2 is 1.90 bits per heavy atom. The van der Waals surface area contributed by atoms with Crippen LogP contribution in [0.25, 0.3) is 0 Å². The summed E-state index contributed by atoms with van der Waals surface area (Å²) in [4.78, 5) is 12.3. The van der Waals surface area contributed by atoms with Crippen LogP contribution in [0.15, 0.2) is 47.6 Å². The molecule has 0 unspecified atom stereocenters. The van der Waals surface area contributed by atoms with Gasteiger partial charge < -0.3 is 9.47 Å². The van der Waals surface area contributed by atoms with Gasteiger partial charge >= 0.3 is 6.18 Å². The topological polar surface area (TPSA) is 59.9 Å². The molecule has 0 radical (unpaired) electrons. The van der Waals surface area contributed by atoms with Crippen molar-refractivity contribution in [2.24, 2.45) is 11.0 Å². The highest BCUT2D eigenvalue weighted by Crippen LogP contribution is 2.31. The fraction of sp³-hybridized carbons (Fsp3) is 0.333. The summed E-state index contributed by atoms with van der Waals surface area (Å²) in [6, 6.07) is 9.59. The van der Waals surface area contributed by atoms with Gasteiger partial charge in [-0.2, -0.15) is 18.3 Å². The molecule has 29 heavy (non-hydrogen) atoms. The maximum atomic E-state index is 13.0. The lowest BCUT2D eigenvalue weighted by Crippen LogP contribution is -2.18. The molecule has 156 valence electrons. The first-order valence-electron chi connectivity index (χ1n) is 9.03. The first-order valence-corrected chi connectivity index (χ1v) is 9.03. The minimum atomic E-state index is -4.51. The molecule has 8 heteroatoms. The quantitative estimate of drug-likeness (QED) is 0.499. The summed E-state index contributed by atoms with van der Waals surface area (Å²) in [7, 11) is 1.46. The third-order valence-electron chi connectivity index (χ3n) is 4.01. The third kappa shape index (κ3) is 6.51. The molecule has 0 saturated carbocycles. The normalized spacial score (nSPS) is 11.7. The monoisotopic (exact) mass is 408 g/mol. The minimum absolute atomic E-state index is 0.146. The van der Waals surface area contributed by atoms with E-state index in [1.807, 2.05) is 0 Å². The fourth-order valence-electron chi connectivity index (χ4n) is 2.43. The van der Waals surface area contributed by atoms with Crippen molar-refractivity contribution in [1.29, 1.82) is 0 Å². The van der Waals surface area contributed by atoms with Gasteiger partial charge in [0.2, 0.25) is 0 Å². The second-order valence-corrected chi connectivity index (χ2v) is 6.68. The summed E-state index contributed by atoms with van der Waals surface area (Å²) in [5.41, 5.74) is 1.48. The van der Waals surface area contributed by atoms with Crippen molar-refractivity contribution >= 4 is 12.1 Å². The first kappa shape index (κ1) is 22.3. The number of hydrogen-bond donors (Lipinski definition) is 1. The van der Waals surface area contributed by atoms with Crippen LogP contribution >= 0.6 is 0 Å². The summed E-state index contributed by atoms with van der Waals surface area (Å²) in [6.45, 7) is 4.69. The molecule has 0 bridgehead atoms. The van der Waals surface area contributed by atoms with E-state index in [0.717, 1.165) is 18.7 Å². The van der Waals surface area contributed by atoms with E-state index >= 15 is 0 Å². The Kier molecular flexibility index (Phi) is 7.64. The number of amides is 1. The van der Waals surface area contributed by atoms with Crippen LogP contribution in [0.2, 0.25) is 0 Å². The lowest BCUT2D eigenvalue weighted by molar-refractivity contribution is -0.137. The Hall–Kier alpha value is -3.03. The number of nitrogens with one attached hydrogen (secondary N) is 1. The SMILES string of the molecule is COc1cc(C(=O)N/N=C/c2ccccc2C(F)(F)F)ccc1OCCC(C)C. The van der Waals surface area contributed by atoms with Crippen molar-refractivity contribution in [3.05, 3.63) is 59.2 Å². The van der Waals surface area contributed by atoms with E-state index in [4.69, 9.17) is 9.47 Å². The number of carbonyl (C=O) groups is 1. The van der Waals surface area contributed by atoms with Crippen molar-refractivity contribution in [1.82, 2.24) is 5.43 Å². The second-order valence-electron chi connectivity index (χ2n) is 6.68. The van der Waals surface area contributed by atoms with Crippen LogP contribution in [-0.2, 0) is 6.18 Å². The number of nitrogens with zero attached hydrogens (tertiary/aromatic N) is 1. The smallest absolute Gasteiger partial charge is 0.417 e. The molecule has 0 aliphatic rings. The van der Waals surface area contributed by atoms with Crippen LogP contribution in [0, 0.1) is 5.92 Å². The Morgan fingerprint density at radius 1 is 1.17 bits per heavy atom. The van der Waals surface area contributed by atoms with Gasteiger partial charge in [0, 0.05) is 11.1 Å². The molecule has 0 saturated heterocycles. The van der Waals surface area contributed by atoms with E-state index in [1.54, 1.807) is 6.07 Å². The average molecular weight is 408 g/mol. The summed E-state index contributed by atoms with van der Waals surface area (Å²) in [5, 5.41) is 3.64. The Morgan fingerprint density at radius 3 is 2.55 bits per heavy atom. The molecule has 0 aromatic heterocycles. The standard InChI is InChI=1S/C21H23F3N2O3/c1-14(2)10-11-29-18-9-8-15(12-19(18)28-3)20(27)26-25-13-16-6-4-5-7-17(16)21(22,23)24/h4-9,12-14H,10-11H2,1-3H3,(H,26,27)/b25-13+. The van der Waals surface area contributed by atoms with E-state index in [9.17, 15) is 18.0 Å². The molecule has 0 aliphatic heterocycles. The molecule has 2 aromatic rings. The Balaban J connectivity index is 2.07. The van der Waals surface area contributed by atoms with Gasteiger partial charge in [0.05, 0.1) is 25.5 Å². The molecule has 1 amide bonds. The van der Waals surface area contributed by atoms with Gasteiger partial charge in [0.15, 0.2) is 11.5 Å². The van der Waals surface area contributed by atoms with Crippen molar-refractivity contribution in [2.45, 2.75) is 26.4 Å². The van der Waals surface area contributed by atoms with Crippen LogP contribution in [-0.4, -0.2) is 25.8 Å². The average Bonchev–Trinajstić information content (AvgIpc) is 2.67. The predicted octanol–water partition coefficient (Wildman–Crippen LogP) is 4.90. The van der Waals surface area contributed by atoms with Gasteiger partial charge in [-0.15, -0.1) is 0 Å². The van der Waals surface area contributed by atoms with Crippen LogP contribution in [0.1, 0.15) is 41.8 Å². The molecular weight excluding hydrogens is 385 g/mol. The highest BCUT2D eigenvalue weighted by molar-refractivity contribution is 5.95. The number of rotatable bonds is 8. The summed E-state index contributed by atoms with van der Waals surface area (Å²) in [5.74, 6) is 0.796. The van der Waals surface area contributed by atoms with Gasteiger partial charge in [-0.05, 0) is 36.6 Å². The van der Waals surface area contributed by atoms with E-state index in [-0.39, 0.29) is 11.1 Å². The zero-order valence-electron chi connectivity index (χ0n) is 16.4. The van der Waals surface area contributed by atoms with E-state index in [1.165, 1.54) is 37.4 Å². The highest BCUT2D eigenvalue weighted by atomic mass is 19.4. The molecule has 5 nitrogen and oxygen atoms in total. The third-order valence-corrected chi connectivity index (χ3v) is 4.01. The van der Waals surface area contributed by atoms with Crippen LogP contribution in [0.5, 0.6) is 11.5 Å². The molecule has 0 fully saturated rings. The van der Waals surface area contributed by atoms with Gasteiger partial charge in [0.1, 0.15) is 0 Å². The van der Waals surface area contributed by atoms with E-state index in [2.05, 4.69) is 24.4 Å². The molecule has 2 aromatic carbocycles. The Bertz CT molecular complexity index is 864. The number of halogens is 3. The molecule has 1 N–H and O–H groups in total. The maximum absolute atomic E-state index is 13.0. The Labute approximate surface area is 167 Å². The lowest BCUT2D eigenvalue weighted by Gasteiger charge is -2.12. The number of methoxy groups -OCH3 is 1. The van der Waals surface area contributed by atoms with Crippen molar-refractivity contribution in [3.63, 3.8) is 0 Å². The van der Waals surface area contributed by atoms with Crippen molar-refractivity contribution in [2.75, 3.05) is 13.7 Å². The fourth-order valence-corrected chi connectivity index (χ4v) is 2.43. The highest BCUT2D eigenvalue weighted by Gasteiger charge is 2.32. The number of benzene rings is 2. The molecule has 0 heterocycles. The maximum Gasteiger partial charge on any atom is 0.417 e. The van der Waals surface area contributed by atoms with Gasteiger partial charge in [-0.25, -0.2) is 5.43 Å². The number of carbonyl (C=O) groups excluding carboxylic acids is 1. The van der Waals surface area contributed by atoms with Crippen LogP contribution < -0.4 is 14.9 Å². The second kappa shape index (κ2) is 9.95. The largest absolute Gasteiger partial charge is 0.493 e. The zero-order chi connectivity index (χ0) is 21.4. The number of alkyl halides is 3.